The highest BCUT2D eigenvalue weighted by atomic mass is 19.2. The summed E-state index contributed by atoms with van der Waals surface area (Å²) in [6.07, 6.45) is 2.33. The number of ether oxygens (including phenoxy) is 1. The van der Waals surface area contributed by atoms with Crippen molar-refractivity contribution in [2.75, 3.05) is 12.8 Å². The van der Waals surface area contributed by atoms with Crippen molar-refractivity contribution in [3.63, 3.8) is 0 Å². The van der Waals surface area contributed by atoms with Crippen molar-refractivity contribution in [3.8, 4) is 16.9 Å². The fourth-order valence-electron chi connectivity index (χ4n) is 3.71. The summed E-state index contributed by atoms with van der Waals surface area (Å²) in [4.78, 5) is 19.3. The van der Waals surface area contributed by atoms with Gasteiger partial charge in [-0.25, -0.2) is 18.2 Å². The van der Waals surface area contributed by atoms with Gasteiger partial charge in [-0.2, -0.15) is 5.10 Å². The van der Waals surface area contributed by atoms with E-state index in [1.54, 1.807) is 6.07 Å². The van der Waals surface area contributed by atoms with Crippen molar-refractivity contribution in [1.82, 2.24) is 20.2 Å². The molecule has 0 atom stereocenters. The molecule has 7 nitrogen and oxygen atoms in total. The van der Waals surface area contributed by atoms with Gasteiger partial charge in [0, 0.05) is 21.7 Å². The molecular formula is C20H12F3N5O2. The van der Waals surface area contributed by atoms with Gasteiger partial charge in [-0.3, -0.25) is 9.89 Å². The zero-order valence-corrected chi connectivity index (χ0v) is 15.3. The predicted octanol–water partition coefficient (Wildman–Crippen LogP) is 3.63. The molecule has 3 heterocycles. The Labute approximate surface area is 165 Å². The van der Waals surface area contributed by atoms with E-state index in [-0.39, 0.29) is 44.4 Å². The van der Waals surface area contributed by atoms with Crippen LogP contribution in [0.15, 0.2) is 35.4 Å². The zero-order chi connectivity index (χ0) is 21.2. The van der Waals surface area contributed by atoms with E-state index in [0.29, 0.717) is 10.9 Å². The van der Waals surface area contributed by atoms with E-state index in [9.17, 15) is 18.0 Å². The lowest BCUT2D eigenvalue weighted by Crippen LogP contribution is -2.14. The smallest absolute Gasteiger partial charge is 0.272 e. The first-order chi connectivity index (χ1) is 14.4. The molecule has 5 aromatic rings. The topological polar surface area (TPSA) is 110 Å². The molecule has 150 valence electrons. The van der Waals surface area contributed by atoms with E-state index >= 15 is 0 Å². The molecule has 3 aromatic heterocycles. The van der Waals surface area contributed by atoms with Gasteiger partial charge in [0.15, 0.2) is 11.6 Å². The third-order valence-electron chi connectivity index (χ3n) is 5.04. The SMILES string of the molecule is COc1cc2c(-c3cc(F)c(F)c4[nH]ncc34)c(N)c(=O)[nH]c2c2cc(F)cnc12. The molecule has 0 aliphatic carbocycles. The second kappa shape index (κ2) is 6.21. The van der Waals surface area contributed by atoms with Crippen molar-refractivity contribution in [2.45, 2.75) is 0 Å². The number of aromatic nitrogens is 4. The largest absolute Gasteiger partial charge is 0.494 e. The highest BCUT2D eigenvalue weighted by Crippen LogP contribution is 2.41. The minimum absolute atomic E-state index is 0.142. The Morgan fingerprint density at radius 1 is 1.03 bits per heavy atom. The molecule has 0 bridgehead atoms. The number of H-pyrrole nitrogens is 2. The number of hydrogen-bond donors (Lipinski definition) is 3. The standard InChI is InChI=1S/C20H12F3N5O2/c1-30-13-4-9-14(8-3-12(22)15(23)19-11(8)6-26-28-19)16(24)20(29)27-17(9)10-2-7(21)5-25-18(10)13/h2-6H,24H2,1H3,(H,26,28)(H,27,29). The second-order valence-electron chi connectivity index (χ2n) is 6.67. The van der Waals surface area contributed by atoms with Crippen LogP contribution in [0.25, 0.3) is 43.8 Å². The molecular weight excluding hydrogens is 399 g/mol. The first-order valence-electron chi connectivity index (χ1n) is 8.70. The van der Waals surface area contributed by atoms with Gasteiger partial charge in [-0.05, 0) is 23.8 Å². The second-order valence-corrected chi connectivity index (χ2v) is 6.67. The summed E-state index contributed by atoms with van der Waals surface area (Å²) < 4.78 is 47.8. The number of nitrogens with two attached hydrogens (primary N) is 1. The van der Waals surface area contributed by atoms with E-state index in [0.717, 1.165) is 12.3 Å². The third kappa shape index (κ3) is 2.36. The molecule has 5 rings (SSSR count). The van der Waals surface area contributed by atoms with E-state index in [1.807, 2.05) is 0 Å². The molecule has 0 spiro atoms. The number of rotatable bonds is 2. The van der Waals surface area contributed by atoms with Gasteiger partial charge in [-0.15, -0.1) is 0 Å². The van der Waals surface area contributed by atoms with Crippen LogP contribution < -0.4 is 16.0 Å². The van der Waals surface area contributed by atoms with Crippen LogP contribution in [0.1, 0.15) is 0 Å². The number of nitrogens with one attached hydrogen (secondary N) is 2. The van der Waals surface area contributed by atoms with Gasteiger partial charge in [0.1, 0.15) is 28.3 Å². The number of nitrogens with zero attached hydrogens (tertiary/aromatic N) is 2. The summed E-state index contributed by atoms with van der Waals surface area (Å²) in [5.74, 6) is -2.58. The van der Waals surface area contributed by atoms with Crippen molar-refractivity contribution in [3.05, 3.63) is 58.4 Å². The molecule has 10 heteroatoms. The minimum Gasteiger partial charge on any atom is -0.494 e. The van der Waals surface area contributed by atoms with E-state index < -0.39 is 23.0 Å². The van der Waals surface area contributed by atoms with Gasteiger partial charge in [0.25, 0.3) is 5.56 Å². The molecule has 0 aliphatic heterocycles. The van der Waals surface area contributed by atoms with Crippen LogP contribution in [-0.2, 0) is 0 Å². The number of pyridine rings is 2. The number of fused-ring (bicyclic) bond motifs is 4. The Kier molecular flexibility index (Phi) is 3.72. The summed E-state index contributed by atoms with van der Waals surface area (Å²) in [5, 5.41) is 7.02. The summed E-state index contributed by atoms with van der Waals surface area (Å²) in [6.45, 7) is 0. The van der Waals surface area contributed by atoms with Crippen LogP contribution in [0, 0.1) is 17.5 Å². The maximum atomic E-state index is 14.3. The highest BCUT2D eigenvalue weighted by Gasteiger charge is 2.22. The average molecular weight is 411 g/mol. The lowest BCUT2D eigenvalue weighted by atomic mass is 9.95. The molecule has 4 N–H and O–H groups in total. The molecule has 0 fully saturated rings. The fraction of sp³-hybridized carbons (Fsp3) is 0.0500. The summed E-state index contributed by atoms with van der Waals surface area (Å²) in [5.41, 5.74) is 5.85. The Morgan fingerprint density at radius 3 is 2.60 bits per heavy atom. The first kappa shape index (κ1) is 18.0. The van der Waals surface area contributed by atoms with E-state index in [1.165, 1.54) is 19.4 Å². The van der Waals surface area contributed by atoms with Crippen molar-refractivity contribution in [1.29, 1.82) is 0 Å². The van der Waals surface area contributed by atoms with Crippen LogP contribution in [0.4, 0.5) is 18.9 Å². The van der Waals surface area contributed by atoms with Crippen LogP contribution in [-0.4, -0.2) is 27.3 Å². The number of benzene rings is 2. The number of anilines is 1. The molecule has 0 amide bonds. The average Bonchev–Trinajstić information content (AvgIpc) is 3.22. The lowest BCUT2D eigenvalue weighted by Gasteiger charge is -2.15. The number of methoxy groups -OCH3 is 1. The third-order valence-corrected chi connectivity index (χ3v) is 5.04. The maximum Gasteiger partial charge on any atom is 0.272 e. The molecule has 0 saturated carbocycles. The Morgan fingerprint density at radius 2 is 1.83 bits per heavy atom. The lowest BCUT2D eigenvalue weighted by molar-refractivity contribution is 0.419. The Bertz CT molecular complexity index is 1560. The molecule has 0 aliphatic rings. The number of nitrogen functional groups attached to an aromatic ring is 1. The fourth-order valence-corrected chi connectivity index (χ4v) is 3.71. The van der Waals surface area contributed by atoms with Gasteiger partial charge < -0.3 is 15.5 Å². The van der Waals surface area contributed by atoms with Crippen molar-refractivity contribution >= 4 is 38.4 Å². The minimum atomic E-state index is -1.14. The van der Waals surface area contributed by atoms with Gasteiger partial charge in [0.05, 0.1) is 25.0 Å². The van der Waals surface area contributed by atoms with Gasteiger partial charge >= 0.3 is 0 Å². The number of hydrogen-bond acceptors (Lipinski definition) is 5. The molecule has 30 heavy (non-hydrogen) atoms. The van der Waals surface area contributed by atoms with Crippen molar-refractivity contribution < 1.29 is 17.9 Å². The van der Waals surface area contributed by atoms with Crippen LogP contribution in [0.2, 0.25) is 0 Å². The van der Waals surface area contributed by atoms with Gasteiger partial charge in [-0.1, -0.05) is 0 Å². The highest BCUT2D eigenvalue weighted by molar-refractivity contribution is 6.15. The molecule has 0 unspecified atom stereocenters. The molecule has 0 radical (unpaired) electrons. The zero-order valence-electron chi connectivity index (χ0n) is 15.3. The van der Waals surface area contributed by atoms with E-state index in [2.05, 4.69) is 20.2 Å². The normalized spacial score (nSPS) is 11.6. The first-order valence-corrected chi connectivity index (χ1v) is 8.70. The van der Waals surface area contributed by atoms with Crippen LogP contribution in [0.3, 0.4) is 0 Å². The quantitative estimate of drug-likeness (QED) is 0.384. The summed E-state index contributed by atoms with van der Waals surface area (Å²) >= 11 is 0. The summed E-state index contributed by atoms with van der Waals surface area (Å²) in [6, 6.07) is 3.69. The Balaban J connectivity index is 2.04. The van der Waals surface area contributed by atoms with Crippen molar-refractivity contribution in [2.24, 2.45) is 0 Å². The monoisotopic (exact) mass is 411 g/mol. The molecule has 0 saturated heterocycles. The van der Waals surface area contributed by atoms with Crippen LogP contribution in [0.5, 0.6) is 5.75 Å². The summed E-state index contributed by atoms with van der Waals surface area (Å²) in [7, 11) is 1.41. The number of aromatic amines is 2. The maximum absolute atomic E-state index is 14.3. The van der Waals surface area contributed by atoms with Gasteiger partial charge in [0.2, 0.25) is 0 Å². The number of halogens is 3. The Hall–Kier alpha value is -4.08. The van der Waals surface area contributed by atoms with Crippen LogP contribution >= 0.6 is 0 Å². The predicted molar refractivity (Wildman–Crippen MR) is 106 cm³/mol. The van der Waals surface area contributed by atoms with E-state index in [4.69, 9.17) is 10.5 Å². The molecule has 2 aromatic carbocycles.